The van der Waals surface area contributed by atoms with Crippen molar-refractivity contribution < 1.29 is 14.4 Å². The van der Waals surface area contributed by atoms with Crippen LogP contribution in [0.1, 0.15) is 39.2 Å². The number of halogens is 1. The maximum Gasteiger partial charge on any atom is 0.250 e. The Bertz CT molecular complexity index is 908. The summed E-state index contributed by atoms with van der Waals surface area (Å²) in [5, 5.41) is 3.38. The summed E-state index contributed by atoms with van der Waals surface area (Å²) in [6.45, 7) is 6.29. The van der Waals surface area contributed by atoms with E-state index in [1.807, 2.05) is 32.9 Å². The van der Waals surface area contributed by atoms with E-state index in [9.17, 15) is 14.4 Å². The minimum absolute atomic E-state index is 0.0884. The Morgan fingerprint density at radius 2 is 1.93 bits per heavy atom. The number of para-hydroxylation sites is 1. The number of nitrogens with zero attached hydrogens (tertiary/aromatic N) is 2. The Labute approximate surface area is 162 Å². The highest BCUT2D eigenvalue weighted by Crippen LogP contribution is 2.61. The maximum atomic E-state index is 13.5. The summed E-state index contributed by atoms with van der Waals surface area (Å²) >= 11 is 6.35. The van der Waals surface area contributed by atoms with Gasteiger partial charge in [0.1, 0.15) is 5.54 Å². The summed E-state index contributed by atoms with van der Waals surface area (Å²) in [4.78, 5) is 43.8. The third kappa shape index (κ3) is 1.83. The highest BCUT2D eigenvalue weighted by molar-refractivity contribution is 6.35. The van der Waals surface area contributed by atoms with Gasteiger partial charge in [0.2, 0.25) is 11.8 Å². The van der Waals surface area contributed by atoms with E-state index in [1.165, 1.54) is 4.90 Å². The number of carbonyl (C=O) groups excluding carboxylic acids is 3. The molecule has 0 radical (unpaired) electrons. The Hall–Kier alpha value is -1.92. The maximum absolute atomic E-state index is 13.5. The number of fused-ring (bicyclic) bond motifs is 7. The van der Waals surface area contributed by atoms with Gasteiger partial charge >= 0.3 is 0 Å². The molecule has 0 bridgehead atoms. The Morgan fingerprint density at radius 3 is 2.63 bits per heavy atom. The van der Waals surface area contributed by atoms with Crippen molar-refractivity contribution in [3.05, 3.63) is 28.8 Å². The van der Waals surface area contributed by atoms with Gasteiger partial charge in [-0.2, -0.15) is 0 Å². The molecule has 1 N–H and O–H groups in total. The van der Waals surface area contributed by atoms with Crippen molar-refractivity contribution >= 4 is 35.0 Å². The summed E-state index contributed by atoms with van der Waals surface area (Å²) < 4.78 is 0. The van der Waals surface area contributed by atoms with Crippen LogP contribution in [-0.4, -0.2) is 45.6 Å². The summed E-state index contributed by atoms with van der Waals surface area (Å²) in [6, 6.07) is 5.32. The number of anilines is 1. The van der Waals surface area contributed by atoms with Gasteiger partial charge in [0, 0.05) is 17.1 Å². The molecule has 0 aromatic heterocycles. The number of hydrogen-bond donors (Lipinski definition) is 1. The van der Waals surface area contributed by atoms with E-state index in [0.717, 1.165) is 18.4 Å². The average molecular weight is 388 g/mol. The smallest absolute Gasteiger partial charge is 0.250 e. The first-order valence-corrected chi connectivity index (χ1v) is 9.83. The second kappa shape index (κ2) is 5.11. The van der Waals surface area contributed by atoms with Crippen molar-refractivity contribution in [2.75, 3.05) is 11.9 Å². The van der Waals surface area contributed by atoms with E-state index in [0.29, 0.717) is 17.3 Å². The van der Waals surface area contributed by atoms with Gasteiger partial charge in [-0.1, -0.05) is 23.7 Å². The predicted octanol–water partition coefficient (Wildman–Crippen LogP) is 2.37. The lowest BCUT2D eigenvalue weighted by Gasteiger charge is -2.38. The SMILES string of the molecule is CC(C)(C)N1C(=O)[C@@H]2C3CCCN3C3(C(=O)Nc4c(Cl)cccc43)[C@@H]2C1=O. The fourth-order valence-corrected chi connectivity index (χ4v) is 6.08. The molecule has 1 spiro atoms. The van der Waals surface area contributed by atoms with Crippen LogP contribution in [0.15, 0.2) is 18.2 Å². The largest absolute Gasteiger partial charge is 0.323 e. The van der Waals surface area contributed by atoms with Gasteiger partial charge in [-0.05, 0) is 46.2 Å². The number of imide groups is 1. The zero-order chi connectivity index (χ0) is 19.3. The van der Waals surface area contributed by atoms with Gasteiger partial charge in [-0.3, -0.25) is 24.2 Å². The van der Waals surface area contributed by atoms with Gasteiger partial charge in [0.25, 0.3) is 5.91 Å². The van der Waals surface area contributed by atoms with Crippen LogP contribution in [0.5, 0.6) is 0 Å². The van der Waals surface area contributed by atoms with Crippen molar-refractivity contribution in [2.45, 2.75) is 50.7 Å². The zero-order valence-electron chi connectivity index (χ0n) is 15.6. The van der Waals surface area contributed by atoms with E-state index in [2.05, 4.69) is 10.2 Å². The van der Waals surface area contributed by atoms with E-state index in [4.69, 9.17) is 11.6 Å². The fourth-order valence-electron chi connectivity index (χ4n) is 5.86. The molecule has 3 fully saturated rings. The lowest BCUT2D eigenvalue weighted by Crippen LogP contribution is -2.56. The molecule has 4 atom stereocenters. The number of amides is 3. The molecule has 0 saturated carbocycles. The van der Waals surface area contributed by atoms with Crippen LogP contribution in [0.25, 0.3) is 0 Å². The van der Waals surface area contributed by atoms with E-state index in [-0.39, 0.29) is 23.8 Å². The molecular weight excluding hydrogens is 366 g/mol. The van der Waals surface area contributed by atoms with Crippen molar-refractivity contribution in [3.63, 3.8) is 0 Å². The second-order valence-corrected chi connectivity index (χ2v) is 9.38. The molecule has 142 valence electrons. The summed E-state index contributed by atoms with van der Waals surface area (Å²) in [5.41, 5.74) is -0.449. The summed E-state index contributed by atoms with van der Waals surface area (Å²) in [5.74, 6) is -1.80. The Kier molecular flexibility index (Phi) is 3.26. The third-order valence-corrected chi connectivity index (χ3v) is 6.96. The van der Waals surface area contributed by atoms with E-state index >= 15 is 0 Å². The highest BCUT2D eigenvalue weighted by atomic mass is 35.5. The van der Waals surface area contributed by atoms with Crippen LogP contribution in [0.2, 0.25) is 5.02 Å². The van der Waals surface area contributed by atoms with Gasteiger partial charge < -0.3 is 5.32 Å². The molecule has 1 aromatic carbocycles. The third-order valence-electron chi connectivity index (χ3n) is 6.65. The predicted molar refractivity (Wildman–Crippen MR) is 100 cm³/mol. The summed E-state index contributed by atoms with van der Waals surface area (Å²) in [7, 11) is 0. The second-order valence-electron chi connectivity index (χ2n) is 8.97. The molecule has 4 aliphatic heterocycles. The van der Waals surface area contributed by atoms with Gasteiger partial charge in [-0.15, -0.1) is 0 Å². The number of benzene rings is 1. The number of likely N-dealkylation sites (tertiary alicyclic amines) is 1. The molecule has 3 saturated heterocycles. The van der Waals surface area contributed by atoms with E-state index < -0.39 is 22.9 Å². The molecule has 27 heavy (non-hydrogen) atoms. The van der Waals surface area contributed by atoms with Crippen molar-refractivity contribution in [3.8, 4) is 0 Å². The lowest BCUT2D eigenvalue weighted by atomic mass is 9.75. The first-order valence-electron chi connectivity index (χ1n) is 9.46. The molecule has 2 unspecified atom stereocenters. The minimum Gasteiger partial charge on any atom is -0.323 e. The lowest BCUT2D eigenvalue weighted by molar-refractivity contribution is -0.150. The summed E-state index contributed by atoms with van der Waals surface area (Å²) in [6.07, 6.45) is 1.74. The minimum atomic E-state index is -1.14. The first kappa shape index (κ1) is 17.2. The molecule has 1 aromatic rings. The molecule has 0 aliphatic carbocycles. The Balaban J connectivity index is 1.77. The monoisotopic (exact) mass is 387 g/mol. The molecule has 4 aliphatic rings. The quantitative estimate of drug-likeness (QED) is 0.694. The molecular formula is C20H22ClN3O3. The van der Waals surface area contributed by atoms with Crippen LogP contribution in [0, 0.1) is 11.8 Å². The van der Waals surface area contributed by atoms with Gasteiger partial charge in [0.15, 0.2) is 0 Å². The van der Waals surface area contributed by atoms with Crippen LogP contribution in [0.3, 0.4) is 0 Å². The van der Waals surface area contributed by atoms with Crippen molar-refractivity contribution in [1.82, 2.24) is 9.80 Å². The van der Waals surface area contributed by atoms with Crippen LogP contribution >= 0.6 is 11.6 Å². The molecule has 5 rings (SSSR count). The van der Waals surface area contributed by atoms with Crippen LogP contribution < -0.4 is 5.32 Å². The normalized spacial score (nSPS) is 35.0. The number of nitrogens with one attached hydrogen (secondary N) is 1. The molecule has 3 amide bonds. The zero-order valence-corrected chi connectivity index (χ0v) is 16.3. The van der Waals surface area contributed by atoms with Gasteiger partial charge in [-0.25, -0.2) is 0 Å². The average Bonchev–Trinajstić information content (AvgIpc) is 3.26. The topological polar surface area (TPSA) is 69.7 Å². The fraction of sp³-hybridized carbons (Fsp3) is 0.550. The molecule has 4 heterocycles. The van der Waals surface area contributed by atoms with Crippen LogP contribution in [-0.2, 0) is 19.9 Å². The van der Waals surface area contributed by atoms with Gasteiger partial charge in [0.05, 0.1) is 22.5 Å². The standard InChI is InChI=1S/C20H22ClN3O3/c1-19(2,3)24-16(25)13-12-8-5-9-23(12)20(14(13)17(24)26)10-6-4-7-11(21)15(10)22-18(20)27/h4,6-7,12-14H,5,8-9H2,1-3H3,(H,22,27)/t12?,13-,14+,20?/m1/s1. The number of rotatable bonds is 0. The Morgan fingerprint density at radius 1 is 1.19 bits per heavy atom. The highest BCUT2D eigenvalue weighted by Gasteiger charge is 2.75. The van der Waals surface area contributed by atoms with Crippen molar-refractivity contribution in [2.24, 2.45) is 11.8 Å². The molecule has 7 heteroatoms. The molecule has 6 nitrogen and oxygen atoms in total. The van der Waals surface area contributed by atoms with Crippen molar-refractivity contribution in [1.29, 1.82) is 0 Å². The van der Waals surface area contributed by atoms with Crippen LogP contribution in [0.4, 0.5) is 5.69 Å². The van der Waals surface area contributed by atoms with E-state index in [1.54, 1.807) is 6.07 Å². The first-order chi connectivity index (χ1) is 12.7. The number of carbonyl (C=O) groups is 3. The number of hydrogen-bond acceptors (Lipinski definition) is 4.